The van der Waals surface area contributed by atoms with Gasteiger partial charge in [0.2, 0.25) is 0 Å². The van der Waals surface area contributed by atoms with E-state index in [4.69, 9.17) is 28.9 Å². The van der Waals surface area contributed by atoms with Crippen molar-refractivity contribution in [3.8, 4) is 5.69 Å². The highest BCUT2D eigenvalue weighted by molar-refractivity contribution is 6.33. The Kier molecular flexibility index (Phi) is 2.92. The fourth-order valence-corrected chi connectivity index (χ4v) is 2.13. The van der Waals surface area contributed by atoms with E-state index in [9.17, 15) is 9.18 Å². The predicted octanol–water partition coefficient (Wildman–Crippen LogP) is 2.51. The van der Waals surface area contributed by atoms with Crippen LogP contribution >= 0.6 is 23.2 Å². The zero-order chi connectivity index (χ0) is 14.4. The molecule has 1 aromatic carbocycles. The summed E-state index contributed by atoms with van der Waals surface area (Å²) in [4.78, 5) is 12.2. The van der Waals surface area contributed by atoms with Crippen molar-refractivity contribution in [3.05, 3.63) is 56.8 Å². The van der Waals surface area contributed by atoms with Gasteiger partial charge < -0.3 is 5.73 Å². The molecule has 5 nitrogen and oxygen atoms in total. The van der Waals surface area contributed by atoms with E-state index in [0.29, 0.717) is 10.7 Å². The SMILES string of the molecule is Nc1cc(-n2nc3ccc(Cl)cn3c2=O)c(F)cc1Cl. The van der Waals surface area contributed by atoms with Crippen LogP contribution in [0.1, 0.15) is 0 Å². The van der Waals surface area contributed by atoms with Gasteiger partial charge in [-0.2, -0.15) is 4.68 Å². The van der Waals surface area contributed by atoms with Gasteiger partial charge in [0.05, 0.1) is 15.7 Å². The van der Waals surface area contributed by atoms with Crippen LogP contribution in [0, 0.1) is 5.82 Å². The molecule has 0 atom stereocenters. The third-order valence-electron chi connectivity index (χ3n) is 2.77. The number of rotatable bonds is 1. The quantitative estimate of drug-likeness (QED) is 0.702. The van der Waals surface area contributed by atoms with E-state index in [-0.39, 0.29) is 16.4 Å². The summed E-state index contributed by atoms with van der Waals surface area (Å²) in [5.74, 6) is -0.694. The topological polar surface area (TPSA) is 65.3 Å². The van der Waals surface area contributed by atoms with Gasteiger partial charge in [-0.15, -0.1) is 5.10 Å². The molecule has 0 amide bonds. The Bertz CT molecular complexity index is 887. The minimum atomic E-state index is -0.694. The minimum Gasteiger partial charge on any atom is -0.397 e. The van der Waals surface area contributed by atoms with Crippen molar-refractivity contribution in [2.45, 2.75) is 0 Å². The largest absolute Gasteiger partial charge is 0.397 e. The van der Waals surface area contributed by atoms with Crippen LogP contribution in [0.3, 0.4) is 0 Å². The average Bonchev–Trinajstić information content (AvgIpc) is 2.71. The van der Waals surface area contributed by atoms with Gasteiger partial charge in [0.1, 0.15) is 5.69 Å². The third-order valence-corrected chi connectivity index (χ3v) is 3.33. The number of benzene rings is 1. The number of hydrogen-bond acceptors (Lipinski definition) is 3. The summed E-state index contributed by atoms with van der Waals surface area (Å²) in [5, 5.41) is 4.47. The average molecular weight is 313 g/mol. The fraction of sp³-hybridized carbons (Fsp3) is 0. The first-order valence-electron chi connectivity index (χ1n) is 5.49. The Morgan fingerprint density at radius 2 is 2.00 bits per heavy atom. The zero-order valence-corrected chi connectivity index (χ0v) is 11.4. The van der Waals surface area contributed by atoms with E-state index in [1.165, 1.54) is 16.7 Å². The smallest absolute Gasteiger partial charge is 0.355 e. The summed E-state index contributed by atoms with van der Waals surface area (Å²) in [7, 11) is 0. The maximum atomic E-state index is 13.9. The van der Waals surface area contributed by atoms with Gasteiger partial charge in [-0.05, 0) is 24.3 Å². The maximum absolute atomic E-state index is 13.9. The monoisotopic (exact) mass is 312 g/mol. The summed E-state index contributed by atoms with van der Waals surface area (Å²) in [6.07, 6.45) is 1.40. The Morgan fingerprint density at radius 3 is 2.75 bits per heavy atom. The van der Waals surface area contributed by atoms with E-state index in [0.717, 1.165) is 10.7 Å². The van der Waals surface area contributed by atoms with Crippen molar-refractivity contribution in [2.24, 2.45) is 0 Å². The Hall–Kier alpha value is -2.05. The summed E-state index contributed by atoms with van der Waals surface area (Å²) >= 11 is 11.5. The second-order valence-corrected chi connectivity index (χ2v) is 4.94. The molecule has 0 unspecified atom stereocenters. The number of aromatic nitrogens is 3. The van der Waals surface area contributed by atoms with E-state index in [1.54, 1.807) is 12.1 Å². The van der Waals surface area contributed by atoms with Crippen molar-refractivity contribution in [1.82, 2.24) is 14.2 Å². The Labute approximate surface area is 121 Å². The Balaban J connectivity index is 2.33. The second kappa shape index (κ2) is 4.50. The molecule has 0 aliphatic heterocycles. The van der Waals surface area contributed by atoms with Crippen LogP contribution in [0.4, 0.5) is 10.1 Å². The highest BCUT2D eigenvalue weighted by Gasteiger charge is 2.14. The van der Waals surface area contributed by atoms with Crippen LogP contribution in [0.2, 0.25) is 10.0 Å². The number of pyridine rings is 1. The molecule has 0 radical (unpaired) electrons. The second-order valence-electron chi connectivity index (χ2n) is 4.10. The summed E-state index contributed by atoms with van der Waals surface area (Å²) in [6, 6.07) is 5.43. The van der Waals surface area contributed by atoms with Crippen LogP contribution in [-0.4, -0.2) is 14.2 Å². The van der Waals surface area contributed by atoms with Gasteiger partial charge >= 0.3 is 5.69 Å². The van der Waals surface area contributed by atoms with Gasteiger partial charge in [-0.3, -0.25) is 0 Å². The summed E-state index contributed by atoms with van der Waals surface area (Å²) in [5.41, 5.74) is 5.50. The molecule has 8 heteroatoms. The van der Waals surface area contributed by atoms with Gasteiger partial charge in [0, 0.05) is 6.20 Å². The summed E-state index contributed by atoms with van der Waals surface area (Å²) < 4.78 is 16.1. The number of hydrogen-bond donors (Lipinski definition) is 1. The molecular formula is C12H7Cl2FN4O. The van der Waals surface area contributed by atoms with E-state index >= 15 is 0 Å². The molecule has 20 heavy (non-hydrogen) atoms. The molecule has 3 aromatic rings. The normalized spacial score (nSPS) is 11.2. The first-order valence-corrected chi connectivity index (χ1v) is 6.25. The lowest BCUT2D eigenvalue weighted by atomic mass is 10.2. The molecule has 102 valence electrons. The number of halogens is 3. The lowest BCUT2D eigenvalue weighted by molar-refractivity contribution is 0.608. The van der Waals surface area contributed by atoms with Gasteiger partial charge in [-0.1, -0.05) is 23.2 Å². The number of nitrogens with two attached hydrogens (primary N) is 1. The lowest BCUT2D eigenvalue weighted by Crippen LogP contribution is -2.20. The van der Waals surface area contributed by atoms with Crippen molar-refractivity contribution in [2.75, 3.05) is 5.73 Å². The van der Waals surface area contributed by atoms with Gasteiger partial charge in [-0.25, -0.2) is 13.6 Å². The predicted molar refractivity (Wildman–Crippen MR) is 75.2 cm³/mol. The molecule has 2 N–H and O–H groups in total. The van der Waals surface area contributed by atoms with E-state index < -0.39 is 11.5 Å². The molecule has 0 aliphatic rings. The molecule has 2 aromatic heterocycles. The third kappa shape index (κ3) is 1.93. The van der Waals surface area contributed by atoms with Crippen molar-refractivity contribution in [3.63, 3.8) is 0 Å². The molecule has 2 heterocycles. The first kappa shape index (κ1) is 13.0. The molecule has 0 aliphatic carbocycles. The molecule has 0 saturated heterocycles. The molecule has 0 bridgehead atoms. The van der Waals surface area contributed by atoms with Crippen LogP contribution in [-0.2, 0) is 0 Å². The number of fused-ring (bicyclic) bond motifs is 1. The van der Waals surface area contributed by atoms with Crippen molar-refractivity contribution < 1.29 is 4.39 Å². The minimum absolute atomic E-state index is 0.0725. The number of nitrogens with zero attached hydrogens (tertiary/aromatic N) is 3. The highest BCUT2D eigenvalue weighted by Crippen LogP contribution is 2.24. The number of anilines is 1. The van der Waals surface area contributed by atoms with Crippen LogP contribution in [0.25, 0.3) is 11.3 Å². The Morgan fingerprint density at radius 1 is 1.25 bits per heavy atom. The maximum Gasteiger partial charge on any atom is 0.355 e. The number of nitrogen functional groups attached to an aromatic ring is 1. The van der Waals surface area contributed by atoms with Crippen LogP contribution in [0.5, 0.6) is 0 Å². The van der Waals surface area contributed by atoms with Crippen LogP contribution < -0.4 is 11.4 Å². The van der Waals surface area contributed by atoms with Crippen LogP contribution in [0.15, 0.2) is 35.3 Å². The molecule has 0 fully saturated rings. The van der Waals surface area contributed by atoms with Crippen molar-refractivity contribution >= 4 is 34.5 Å². The van der Waals surface area contributed by atoms with Gasteiger partial charge in [0.25, 0.3) is 0 Å². The van der Waals surface area contributed by atoms with Crippen molar-refractivity contribution in [1.29, 1.82) is 0 Å². The summed E-state index contributed by atoms with van der Waals surface area (Å²) in [6.45, 7) is 0. The highest BCUT2D eigenvalue weighted by atomic mass is 35.5. The molecule has 3 rings (SSSR count). The fourth-order valence-electron chi connectivity index (χ4n) is 1.82. The van der Waals surface area contributed by atoms with Gasteiger partial charge in [0.15, 0.2) is 11.5 Å². The first-order chi connectivity index (χ1) is 9.47. The standard InChI is InChI=1S/C12H7Cl2FN4O/c13-6-1-2-11-17-19(12(20)18(11)5-6)10-4-9(16)7(14)3-8(10)15/h1-5H,16H2. The molecular weight excluding hydrogens is 306 g/mol. The molecule has 0 spiro atoms. The molecule has 0 saturated carbocycles. The zero-order valence-electron chi connectivity index (χ0n) is 9.85. The lowest BCUT2D eigenvalue weighted by Gasteiger charge is -2.04. The van der Waals surface area contributed by atoms with E-state index in [1.807, 2.05) is 0 Å². The van der Waals surface area contributed by atoms with E-state index in [2.05, 4.69) is 5.10 Å².